The lowest BCUT2D eigenvalue weighted by atomic mass is 9.32. The molecule has 2 N–H and O–H groups in total. The molecule has 5 fully saturated rings. The van der Waals surface area contributed by atoms with Crippen molar-refractivity contribution in [3.63, 3.8) is 0 Å². The summed E-state index contributed by atoms with van der Waals surface area (Å²) in [6.07, 6.45) is 12.7. The van der Waals surface area contributed by atoms with Gasteiger partial charge >= 0.3 is 6.09 Å². The summed E-state index contributed by atoms with van der Waals surface area (Å²) in [4.78, 5) is 13.1. The third-order valence-corrected chi connectivity index (χ3v) is 13.8. The van der Waals surface area contributed by atoms with E-state index in [0.717, 1.165) is 25.2 Å². The minimum atomic E-state index is -0.469. The van der Waals surface area contributed by atoms with Crippen molar-refractivity contribution in [2.24, 2.45) is 51.2 Å². The fraction of sp³-hybridized carbons (Fsp3) is 0.970. The molecule has 0 aromatic rings. The third-order valence-electron chi connectivity index (χ3n) is 13.8. The highest BCUT2D eigenvalue weighted by Crippen LogP contribution is 2.76. The van der Waals surface area contributed by atoms with Gasteiger partial charge in [-0.05, 0) is 136 Å². The van der Waals surface area contributed by atoms with E-state index in [9.17, 15) is 9.90 Å². The quantitative estimate of drug-likeness (QED) is 0.390. The number of alkyl carbamates (subject to hydrolysis) is 1. The maximum atomic E-state index is 13.1. The van der Waals surface area contributed by atoms with Crippen molar-refractivity contribution in [3.05, 3.63) is 0 Å². The van der Waals surface area contributed by atoms with Crippen LogP contribution in [0.4, 0.5) is 4.79 Å². The zero-order valence-electron chi connectivity index (χ0n) is 25.5. The Morgan fingerprint density at radius 1 is 0.865 bits per heavy atom. The molecule has 0 spiro atoms. The maximum absolute atomic E-state index is 13.1. The van der Waals surface area contributed by atoms with E-state index in [1.807, 2.05) is 20.8 Å². The Morgan fingerprint density at radius 3 is 2.22 bits per heavy atom. The van der Waals surface area contributed by atoms with E-state index in [0.29, 0.717) is 39.9 Å². The number of ether oxygens (including phenoxy) is 1. The number of rotatable bonds is 2. The molecule has 0 bridgehead atoms. The van der Waals surface area contributed by atoms with Gasteiger partial charge in [0.1, 0.15) is 5.60 Å². The Morgan fingerprint density at radius 2 is 1.57 bits per heavy atom. The maximum Gasteiger partial charge on any atom is 0.408 e. The second kappa shape index (κ2) is 8.61. The molecule has 10 unspecified atom stereocenters. The van der Waals surface area contributed by atoms with Gasteiger partial charge in [-0.25, -0.2) is 4.79 Å². The number of amides is 1. The van der Waals surface area contributed by atoms with Crippen LogP contribution in [0.5, 0.6) is 0 Å². The molecule has 0 aromatic carbocycles. The van der Waals surface area contributed by atoms with Gasteiger partial charge < -0.3 is 15.2 Å². The molecule has 1 amide bonds. The predicted octanol–water partition coefficient (Wildman–Crippen LogP) is 8.12. The van der Waals surface area contributed by atoms with E-state index >= 15 is 0 Å². The molecule has 4 heteroatoms. The molecule has 0 saturated heterocycles. The molecule has 0 heterocycles. The lowest BCUT2D eigenvalue weighted by Crippen LogP contribution is -2.69. The third kappa shape index (κ3) is 3.87. The summed E-state index contributed by atoms with van der Waals surface area (Å²) in [5, 5.41) is 14.5. The Kier molecular flexibility index (Phi) is 6.47. The number of fused-ring (bicyclic) bond motifs is 7. The van der Waals surface area contributed by atoms with Gasteiger partial charge in [0, 0.05) is 5.54 Å². The van der Waals surface area contributed by atoms with E-state index in [4.69, 9.17) is 4.74 Å². The summed E-state index contributed by atoms with van der Waals surface area (Å²) in [6.45, 7) is 20.9. The molecule has 4 nitrogen and oxygen atoms in total. The molecule has 5 saturated carbocycles. The van der Waals surface area contributed by atoms with Crippen molar-refractivity contribution in [2.45, 2.75) is 150 Å². The topological polar surface area (TPSA) is 58.6 Å². The highest BCUT2D eigenvalue weighted by atomic mass is 16.6. The Bertz CT molecular complexity index is 908. The lowest BCUT2D eigenvalue weighted by Gasteiger charge is -2.73. The Labute approximate surface area is 227 Å². The summed E-state index contributed by atoms with van der Waals surface area (Å²) >= 11 is 0. The van der Waals surface area contributed by atoms with Gasteiger partial charge in [-0.1, -0.05) is 48.0 Å². The minimum Gasteiger partial charge on any atom is -0.444 e. The number of carbonyl (C=O) groups is 1. The van der Waals surface area contributed by atoms with E-state index in [2.05, 4.69) is 46.9 Å². The zero-order chi connectivity index (χ0) is 27.2. The van der Waals surface area contributed by atoms with Crippen LogP contribution in [0.2, 0.25) is 0 Å². The summed E-state index contributed by atoms with van der Waals surface area (Å²) in [5.74, 6) is 3.23. The molecule has 0 aliphatic heterocycles. The van der Waals surface area contributed by atoms with Crippen LogP contribution in [0.1, 0.15) is 133 Å². The molecule has 212 valence electrons. The van der Waals surface area contributed by atoms with Crippen LogP contribution in [0.3, 0.4) is 0 Å². The van der Waals surface area contributed by atoms with Crippen molar-refractivity contribution in [3.8, 4) is 0 Å². The SMILES string of the molecule is CCC1CCC2(NC(=O)OC(C)(C)C)CCC3(C)C(CCC4C5(C)CCC(O)C(C)(C)C5CCC43C)C12. The highest BCUT2D eigenvalue weighted by Gasteiger charge is 2.71. The van der Waals surface area contributed by atoms with Crippen LogP contribution in [0.15, 0.2) is 0 Å². The molecule has 5 aliphatic rings. The van der Waals surface area contributed by atoms with Gasteiger partial charge in [-0.15, -0.1) is 0 Å². The first-order valence-electron chi connectivity index (χ1n) is 15.7. The first-order valence-corrected chi connectivity index (χ1v) is 15.7. The molecule has 37 heavy (non-hydrogen) atoms. The van der Waals surface area contributed by atoms with Crippen LogP contribution < -0.4 is 5.32 Å². The lowest BCUT2D eigenvalue weighted by molar-refractivity contribution is -0.243. The van der Waals surface area contributed by atoms with Crippen molar-refractivity contribution in [2.75, 3.05) is 0 Å². The number of hydrogen-bond acceptors (Lipinski definition) is 3. The van der Waals surface area contributed by atoms with E-state index in [1.165, 1.54) is 51.4 Å². The van der Waals surface area contributed by atoms with Crippen molar-refractivity contribution in [1.82, 2.24) is 5.32 Å². The van der Waals surface area contributed by atoms with Crippen LogP contribution in [-0.4, -0.2) is 28.4 Å². The van der Waals surface area contributed by atoms with Gasteiger partial charge in [0.25, 0.3) is 0 Å². The van der Waals surface area contributed by atoms with Crippen molar-refractivity contribution < 1.29 is 14.6 Å². The monoisotopic (exact) mass is 515 g/mol. The molecule has 0 aromatic heterocycles. The Balaban J connectivity index is 1.48. The zero-order valence-corrected chi connectivity index (χ0v) is 25.5. The fourth-order valence-corrected chi connectivity index (χ4v) is 11.9. The second-order valence-electron chi connectivity index (χ2n) is 16.6. The van der Waals surface area contributed by atoms with E-state index in [-0.39, 0.29) is 23.2 Å². The standard InChI is InChI=1S/C33H57NO3/c1-10-21-13-18-33(34-27(36)37-28(2,3)4)20-19-31(8)22(26(21)33)11-12-24-30(7)16-15-25(35)29(5,6)23(30)14-17-32(24,31)9/h21-26,35H,10-20H2,1-9H3,(H,34,36). The highest BCUT2D eigenvalue weighted by molar-refractivity contribution is 5.69. The fourth-order valence-electron chi connectivity index (χ4n) is 11.9. The van der Waals surface area contributed by atoms with Gasteiger partial charge in [0.15, 0.2) is 0 Å². The number of hydrogen-bond donors (Lipinski definition) is 2. The summed E-state index contributed by atoms with van der Waals surface area (Å²) in [6, 6.07) is 0. The van der Waals surface area contributed by atoms with Crippen LogP contribution in [0.25, 0.3) is 0 Å². The first kappa shape index (κ1) is 27.8. The predicted molar refractivity (Wildman–Crippen MR) is 150 cm³/mol. The Hall–Kier alpha value is -0.770. The van der Waals surface area contributed by atoms with Gasteiger partial charge in [0.2, 0.25) is 0 Å². The number of nitrogens with one attached hydrogen (secondary N) is 1. The average Bonchev–Trinajstić information content (AvgIpc) is 3.14. The van der Waals surface area contributed by atoms with Crippen molar-refractivity contribution >= 4 is 6.09 Å². The number of carbonyl (C=O) groups excluding carboxylic acids is 1. The van der Waals surface area contributed by atoms with Crippen LogP contribution >= 0.6 is 0 Å². The number of aliphatic hydroxyl groups excluding tert-OH is 1. The van der Waals surface area contributed by atoms with Crippen molar-refractivity contribution in [1.29, 1.82) is 0 Å². The van der Waals surface area contributed by atoms with Gasteiger partial charge in [-0.2, -0.15) is 0 Å². The molecule has 10 atom stereocenters. The second-order valence-corrected chi connectivity index (χ2v) is 16.6. The normalized spacial score (nSPS) is 50.8. The summed E-state index contributed by atoms with van der Waals surface area (Å²) < 4.78 is 5.81. The van der Waals surface area contributed by atoms with Gasteiger partial charge in [0.05, 0.1) is 6.10 Å². The molecule has 5 rings (SSSR count). The van der Waals surface area contributed by atoms with Crippen LogP contribution in [0, 0.1) is 51.2 Å². The average molecular weight is 516 g/mol. The summed E-state index contributed by atoms with van der Waals surface area (Å²) in [5.41, 5.74) is 0.360. The van der Waals surface area contributed by atoms with E-state index in [1.54, 1.807) is 0 Å². The van der Waals surface area contributed by atoms with Gasteiger partial charge in [-0.3, -0.25) is 0 Å². The van der Waals surface area contributed by atoms with Crippen LogP contribution in [-0.2, 0) is 4.74 Å². The van der Waals surface area contributed by atoms with E-state index < -0.39 is 5.60 Å². The molecular weight excluding hydrogens is 458 g/mol. The first-order chi connectivity index (χ1) is 17.0. The smallest absolute Gasteiger partial charge is 0.408 e. The minimum absolute atomic E-state index is 0.00387. The number of aliphatic hydroxyl groups is 1. The molecular formula is C33H57NO3. The summed E-state index contributed by atoms with van der Waals surface area (Å²) in [7, 11) is 0. The molecule has 5 aliphatic carbocycles. The largest absolute Gasteiger partial charge is 0.444 e. The molecule has 0 radical (unpaired) electrons.